The molecule has 0 aromatic carbocycles. The van der Waals surface area contributed by atoms with Crippen LogP contribution in [0.2, 0.25) is 0 Å². The normalized spacial score (nSPS) is 12.8. The smallest absolute Gasteiger partial charge is 0.0730 e. The standard InChI is InChI=1S/C11H18N2O/c1-4-14-8-11(12-3)10-7-9(2)5-6-13-10/h5-7,11-12H,4,8H2,1-3H3. The van der Waals surface area contributed by atoms with Crippen LogP contribution in [-0.4, -0.2) is 25.2 Å². The van der Waals surface area contributed by atoms with Crippen molar-refractivity contribution in [2.45, 2.75) is 19.9 Å². The fourth-order valence-corrected chi connectivity index (χ4v) is 1.30. The fraction of sp³-hybridized carbons (Fsp3) is 0.545. The van der Waals surface area contributed by atoms with Crippen molar-refractivity contribution in [3.63, 3.8) is 0 Å². The van der Waals surface area contributed by atoms with Crippen LogP contribution in [0.1, 0.15) is 24.2 Å². The molecule has 3 nitrogen and oxygen atoms in total. The fourth-order valence-electron chi connectivity index (χ4n) is 1.30. The summed E-state index contributed by atoms with van der Waals surface area (Å²) in [5.74, 6) is 0. The lowest BCUT2D eigenvalue weighted by molar-refractivity contribution is 0.124. The molecule has 0 aliphatic rings. The summed E-state index contributed by atoms with van der Waals surface area (Å²) >= 11 is 0. The van der Waals surface area contributed by atoms with Crippen LogP contribution in [0.4, 0.5) is 0 Å². The Bertz CT molecular complexity index is 276. The predicted molar refractivity (Wildman–Crippen MR) is 57.3 cm³/mol. The first-order valence-corrected chi connectivity index (χ1v) is 4.95. The van der Waals surface area contributed by atoms with Gasteiger partial charge >= 0.3 is 0 Å². The first kappa shape index (κ1) is 11.1. The van der Waals surface area contributed by atoms with Crippen LogP contribution in [0.25, 0.3) is 0 Å². The molecule has 0 bridgehead atoms. The van der Waals surface area contributed by atoms with Gasteiger partial charge < -0.3 is 10.1 Å². The number of likely N-dealkylation sites (N-methyl/N-ethyl adjacent to an activating group) is 1. The summed E-state index contributed by atoms with van der Waals surface area (Å²) in [6.07, 6.45) is 1.83. The van der Waals surface area contributed by atoms with Crippen LogP contribution in [-0.2, 0) is 4.74 Å². The Balaban J connectivity index is 2.68. The molecule has 0 aliphatic heterocycles. The van der Waals surface area contributed by atoms with E-state index < -0.39 is 0 Å². The van der Waals surface area contributed by atoms with Crippen molar-refractivity contribution in [1.29, 1.82) is 0 Å². The maximum atomic E-state index is 5.38. The summed E-state index contributed by atoms with van der Waals surface area (Å²) in [7, 11) is 1.92. The SMILES string of the molecule is CCOCC(NC)c1cc(C)ccn1. The molecular formula is C11H18N2O. The van der Waals surface area contributed by atoms with E-state index in [1.54, 1.807) is 0 Å². The van der Waals surface area contributed by atoms with E-state index in [4.69, 9.17) is 4.74 Å². The monoisotopic (exact) mass is 194 g/mol. The minimum Gasteiger partial charge on any atom is -0.380 e. The molecule has 1 aromatic heterocycles. The second kappa shape index (κ2) is 5.73. The molecule has 0 saturated heterocycles. The van der Waals surface area contributed by atoms with Crippen molar-refractivity contribution < 1.29 is 4.74 Å². The van der Waals surface area contributed by atoms with Crippen molar-refractivity contribution in [3.8, 4) is 0 Å². The molecule has 1 aromatic rings. The first-order valence-electron chi connectivity index (χ1n) is 4.95. The van der Waals surface area contributed by atoms with Crippen LogP contribution in [0.15, 0.2) is 18.3 Å². The van der Waals surface area contributed by atoms with Crippen molar-refractivity contribution in [2.75, 3.05) is 20.3 Å². The van der Waals surface area contributed by atoms with Gasteiger partial charge in [0.15, 0.2) is 0 Å². The van der Waals surface area contributed by atoms with Gasteiger partial charge in [0.05, 0.1) is 18.3 Å². The lowest BCUT2D eigenvalue weighted by atomic mass is 10.1. The van der Waals surface area contributed by atoms with Gasteiger partial charge in [-0.1, -0.05) is 0 Å². The quantitative estimate of drug-likeness (QED) is 0.774. The summed E-state index contributed by atoms with van der Waals surface area (Å²) in [6.45, 7) is 5.47. The van der Waals surface area contributed by atoms with Crippen LogP contribution < -0.4 is 5.32 Å². The van der Waals surface area contributed by atoms with E-state index in [2.05, 4.69) is 23.3 Å². The number of hydrogen-bond acceptors (Lipinski definition) is 3. The summed E-state index contributed by atoms with van der Waals surface area (Å²) in [5, 5.41) is 3.19. The van der Waals surface area contributed by atoms with Crippen LogP contribution in [0, 0.1) is 6.92 Å². The number of pyridine rings is 1. The molecule has 1 N–H and O–H groups in total. The molecular weight excluding hydrogens is 176 g/mol. The van der Waals surface area contributed by atoms with Crippen LogP contribution >= 0.6 is 0 Å². The predicted octanol–water partition coefficient (Wildman–Crippen LogP) is 1.69. The van der Waals surface area contributed by atoms with E-state index in [0.29, 0.717) is 6.61 Å². The number of ether oxygens (including phenoxy) is 1. The third-order valence-electron chi connectivity index (χ3n) is 2.13. The average molecular weight is 194 g/mol. The van der Waals surface area contributed by atoms with Gasteiger partial charge in [-0.05, 0) is 38.6 Å². The highest BCUT2D eigenvalue weighted by atomic mass is 16.5. The Hall–Kier alpha value is -0.930. The molecule has 0 saturated carbocycles. The molecule has 14 heavy (non-hydrogen) atoms. The summed E-state index contributed by atoms with van der Waals surface area (Å²) < 4.78 is 5.38. The van der Waals surface area contributed by atoms with E-state index in [-0.39, 0.29) is 6.04 Å². The molecule has 1 rings (SSSR count). The summed E-state index contributed by atoms with van der Waals surface area (Å²) in [4.78, 5) is 4.32. The maximum absolute atomic E-state index is 5.38. The molecule has 0 spiro atoms. The molecule has 78 valence electrons. The van der Waals surface area contributed by atoms with Gasteiger partial charge in [0.2, 0.25) is 0 Å². The zero-order valence-electron chi connectivity index (χ0n) is 9.08. The maximum Gasteiger partial charge on any atom is 0.0730 e. The molecule has 1 heterocycles. The van der Waals surface area contributed by atoms with E-state index in [1.807, 2.05) is 26.2 Å². The number of aromatic nitrogens is 1. The number of rotatable bonds is 5. The number of aryl methyl sites for hydroxylation is 1. The molecule has 0 aliphatic carbocycles. The Labute approximate surface area is 85.5 Å². The van der Waals surface area contributed by atoms with Crippen molar-refractivity contribution >= 4 is 0 Å². The zero-order valence-corrected chi connectivity index (χ0v) is 9.08. The molecule has 1 atom stereocenters. The van der Waals surface area contributed by atoms with Crippen molar-refractivity contribution in [1.82, 2.24) is 10.3 Å². The Kier molecular flexibility index (Phi) is 4.56. The Morgan fingerprint density at radius 3 is 2.93 bits per heavy atom. The third-order valence-corrected chi connectivity index (χ3v) is 2.13. The first-order chi connectivity index (χ1) is 6.77. The zero-order chi connectivity index (χ0) is 10.4. The van der Waals surface area contributed by atoms with Gasteiger partial charge in [0.25, 0.3) is 0 Å². The highest BCUT2D eigenvalue weighted by molar-refractivity contribution is 5.17. The van der Waals surface area contributed by atoms with E-state index in [1.165, 1.54) is 5.56 Å². The van der Waals surface area contributed by atoms with Crippen molar-refractivity contribution in [2.24, 2.45) is 0 Å². The highest BCUT2D eigenvalue weighted by Crippen LogP contribution is 2.11. The average Bonchev–Trinajstić information content (AvgIpc) is 2.19. The highest BCUT2D eigenvalue weighted by Gasteiger charge is 2.09. The molecule has 0 amide bonds. The van der Waals surface area contributed by atoms with E-state index >= 15 is 0 Å². The number of nitrogens with one attached hydrogen (secondary N) is 1. The van der Waals surface area contributed by atoms with Gasteiger partial charge in [-0.2, -0.15) is 0 Å². The van der Waals surface area contributed by atoms with Crippen LogP contribution in [0.5, 0.6) is 0 Å². The van der Waals surface area contributed by atoms with Crippen molar-refractivity contribution in [3.05, 3.63) is 29.6 Å². The minimum absolute atomic E-state index is 0.190. The van der Waals surface area contributed by atoms with E-state index in [9.17, 15) is 0 Å². The molecule has 1 unspecified atom stereocenters. The molecule has 3 heteroatoms. The molecule has 0 fully saturated rings. The number of nitrogens with zero attached hydrogens (tertiary/aromatic N) is 1. The third kappa shape index (κ3) is 3.09. The Morgan fingerprint density at radius 2 is 2.36 bits per heavy atom. The van der Waals surface area contributed by atoms with Gasteiger partial charge in [-0.25, -0.2) is 0 Å². The lowest BCUT2D eigenvalue weighted by Crippen LogP contribution is -2.22. The van der Waals surface area contributed by atoms with Gasteiger partial charge in [0, 0.05) is 12.8 Å². The minimum atomic E-state index is 0.190. The Morgan fingerprint density at radius 1 is 1.57 bits per heavy atom. The topological polar surface area (TPSA) is 34.1 Å². The van der Waals surface area contributed by atoms with Crippen LogP contribution in [0.3, 0.4) is 0 Å². The van der Waals surface area contributed by atoms with Gasteiger partial charge in [0.1, 0.15) is 0 Å². The van der Waals surface area contributed by atoms with Gasteiger partial charge in [-0.15, -0.1) is 0 Å². The summed E-state index contributed by atoms with van der Waals surface area (Å²) in [6, 6.07) is 4.27. The van der Waals surface area contributed by atoms with Gasteiger partial charge in [-0.3, -0.25) is 4.98 Å². The lowest BCUT2D eigenvalue weighted by Gasteiger charge is -2.15. The van der Waals surface area contributed by atoms with E-state index in [0.717, 1.165) is 12.3 Å². The second-order valence-electron chi connectivity index (χ2n) is 3.26. The largest absolute Gasteiger partial charge is 0.380 e. The number of hydrogen-bond donors (Lipinski definition) is 1. The second-order valence-corrected chi connectivity index (χ2v) is 3.26. The summed E-state index contributed by atoms with van der Waals surface area (Å²) in [5.41, 5.74) is 2.27. The molecule has 0 radical (unpaired) electrons.